The molecule has 0 unspecified atom stereocenters. The predicted octanol–water partition coefficient (Wildman–Crippen LogP) is 2.08. The molecule has 0 aromatic rings. The van der Waals surface area contributed by atoms with Crippen molar-refractivity contribution >= 4 is 11.9 Å². The van der Waals surface area contributed by atoms with Gasteiger partial charge in [-0.25, -0.2) is 4.79 Å². The summed E-state index contributed by atoms with van der Waals surface area (Å²) in [5, 5.41) is 0. The van der Waals surface area contributed by atoms with Crippen molar-refractivity contribution in [3.05, 3.63) is 12.2 Å². The van der Waals surface area contributed by atoms with Crippen LogP contribution in [0.4, 0.5) is 0 Å². The predicted molar refractivity (Wildman–Crippen MR) is 68.1 cm³/mol. The zero-order valence-electron chi connectivity index (χ0n) is 11.5. The Morgan fingerprint density at radius 2 is 2.11 bits per heavy atom. The molecule has 2 aliphatic heterocycles. The number of carbonyl (C=O) groups is 2. The molecule has 3 rings (SSSR count). The first-order chi connectivity index (χ1) is 8.93. The van der Waals surface area contributed by atoms with Gasteiger partial charge in [0.15, 0.2) is 0 Å². The van der Waals surface area contributed by atoms with E-state index in [1.807, 2.05) is 6.92 Å². The van der Waals surface area contributed by atoms with E-state index in [1.165, 1.54) is 0 Å². The SMILES string of the molecule is C=C1C(=O)O[C@@H]2C[C@H](C)[C@@H]3CCOC(=O)[C@]3(C)C[C@H]12. The summed E-state index contributed by atoms with van der Waals surface area (Å²) < 4.78 is 10.7. The number of cyclic esters (lactones) is 1. The Labute approximate surface area is 113 Å². The molecule has 0 aromatic heterocycles. The van der Waals surface area contributed by atoms with Crippen LogP contribution in [0, 0.1) is 23.2 Å². The smallest absolute Gasteiger partial charge is 0.334 e. The van der Waals surface area contributed by atoms with E-state index in [-0.39, 0.29) is 24.0 Å². The fourth-order valence-corrected chi connectivity index (χ4v) is 4.19. The van der Waals surface area contributed by atoms with Crippen LogP contribution in [0.5, 0.6) is 0 Å². The van der Waals surface area contributed by atoms with E-state index in [1.54, 1.807) is 0 Å². The molecule has 0 bridgehead atoms. The number of ether oxygens (including phenoxy) is 2. The molecular formula is C15H20O4. The molecule has 19 heavy (non-hydrogen) atoms. The van der Waals surface area contributed by atoms with Crippen LogP contribution < -0.4 is 0 Å². The number of fused-ring (bicyclic) bond motifs is 2. The van der Waals surface area contributed by atoms with E-state index in [0.717, 1.165) is 12.8 Å². The molecule has 0 N–H and O–H groups in total. The van der Waals surface area contributed by atoms with Crippen molar-refractivity contribution in [1.82, 2.24) is 0 Å². The van der Waals surface area contributed by atoms with Gasteiger partial charge in [0, 0.05) is 11.5 Å². The number of hydrogen-bond donors (Lipinski definition) is 0. The first kappa shape index (κ1) is 12.7. The highest BCUT2D eigenvalue weighted by molar-refractivity contribution is 5.91. The lowest BCUT2D eigenvalue weighted by molar-refractivity contribution is -0.169. The Balaban J connectivity index is 1.98. The second-order valence-corrected chi connectivity index (χ2v) is 6.44. The van der Waals surface area contributed by atoms with E-state index >= 15 is 0 Å². The van der Waals surface area contributed by atoms with E-state index in [2.05, 4.69) is 13.5 Å². The Hall–Kier alpha value is -1.32. The van der Waals surface area contributed by atoms with Gasteiger partial charge in [-0.2, -0.15) is 0 Å². The van der Waals surface area contributed by atoms with Gasteiger partial charge in [-0.15, -0.1) is 0 Å². The Bertz CT molecular complexity index is 455. The van der Waals surface area contributed by atoms with Gasteiger partial charge in [0.25, 0.3) is 0 Å². The highest BCUT2D eigenvalue weighted by atomic mass is 16.6. The molecular weight excluding hydrogens is 244 g/mol. The van der Waals surface area contributed by atoms with Crippen molar-refractivity contribution in [2.24, 2.45) is 23.2 Å². The van der Waals surface area contributed by atoms with Crippen LogP contribution in [0.3, 0.4) is 0 Å². The monoisotopic (exact) mass is 264 g/mol. The number of rotatable bonds is 0. The van der Waals surface area contributed by atoms with Gasteiger partial charge in [0.2, 0.25) is 0 Å². The summed E-state index contributed by atoms with van der Waals surface area (Å²) in [4.78, 5) is 23.9. The zero-order chi connectivity index (χ0) is 13.8. The maximum atomic E-state index is 12.2. The van der Waals surface area contributed by atoms with Gasteiger partial charge < -0.3 is 9.47 Å². The highest BCUT2D eigenvalue weighted by Gasteiger charge is 2.55. The van der Waals surface area contributed by atoms with E-state index in [9.17, 15) is 9.59 Å². The molecule has 0 spiro atoms. The molecule has 5 atom stereocenters. The minimum atomic E-state index is -0.506. The lowest BCUT2D eigenvalue weighted by Gasteiger charge is -2.41. The summed E-state index contributed by atoms with van der Waals surface area (Å²) in [7, 11) is 0. The Morgan fingerprint density at radius 3 is 2.84 bits per heavy atom. The molecule has 4 heteroatoms. The summed E-state index contributed by atoms with van der Waals surface area (Å²) >= 11 is 0. The first-order valence-electron chi connectivity index (χ1n) is 7.00. The topological polar surface area (TPSA) is 52.6 Å². The average Bonchev–Trinajstić information content (AvgIpc) is 2.54. The summed E-state index contributed by atoms with van der Waals surface area (Å²) in [6.07, 6.45) is 2.24. The molecule has 3 fully saturated rings. The summed E-state index contributed by atoms with van der Waals surface area (Å²) in [6, 6.07) is 0. The average molecular weight is 264 g/mol. The van der Waals surface area contributed by atoms with Crippen molar-refractivity contribution in [2.45, 2.75) is 39.2 Å². The molecule has 0 amide bonds. The fraction of sp³-hybridized carbons (Fsp3) is 0.733. The minimum Gasteiger partial charge on any atom is -0.465 e. The largest absolute Gasteiger partial charge is 0.465 e. The van der Waals surface area contributed by atoms with Crippen LogP contribution in [0.1, 0.15) is 33.1 Å². The van der Waals surface area contributed by atoms with Gasteiger partial charge in [-0.3, -0.25) is 4.79 Å². The number of esters is 2. The molecule has 4 nitrogen and oxygen atoms in total. The van der Waals surface area contributed by atoms with Crippen molar-refractivity contribution in [3.63, 3.8) is 0 Å². The van der Waals surface area contributed by atoms with Crippen LogP contribution in [0.25, 0.3) is 0 Å². The van der Waals surface area contributed by atoms with Crippen molar-refractivity contribution < 1.29 is 19.1 Å². The standard InChI is InChI=1S/C15H20O4/c1-8-6-12-10(9(2)13(16)19-12)7-15(3)11(8)4-5-18-14(15)17/h8,10-12H,2,4-7H2,1,3H3/t8-,10+,11-,12+,15+/m0/s1. The summed E-state index contributed by atoms with van der Waals surface area (Å²) in [6.45, 7) is 8.50. The maximum absolute atomic E-state index is 12.2. The lowest BCUT2D eigenvalue weighted by Crippen LogP contribution is -2.45. The first-order valence-corrected chi connectivity index (χ1v) is 7.00. The molecule has 1 aliphatic carbocycles. The van der Waals surface area contributed by atoms with Gasteiger partial charge in [-0.05, 0) is 38.0 Å². The van der Waals surface area contributed by atoms with Crippen LogP contribution >= 0.6 is 0 Å². The molecule has 104 valence electrons. The Kier molecular flexibility index (Phi) is 2.73. The second-order valence-electron chi connectivity index (χ2n) is 6.44. The highest BCUT2D eigenvalue weighted by Crippen LogP contribution is 2.52. The normalized spacial score (nSPS) is 45.9. The second kappa shape index (κ2) is 4.09. The third-order valence-corrected chi connectivity index (χ3v) is 5.30. The molecule has 2 saturated heterocycles. The number of carbonyl (C=O) groups excluding carboxylic acids is 2. The summed E-state index contributed by atoms with van der Waals surface area (Å²) in [5.74, 6) is 0.213. The van der Waals surface area contributed by atoms with E-state index in [0.29, 0.717) is 30.4 Å². The van der Waals surface area contributed by atoms with Crippen LogP contribution in [0.2, 0.25) is 0 Å². The van der Waals surface area contributed by atoms with Crippen LogP contribution in [0.15, 0.2) is 12.2 Å². The van der Waals surface area contributed by atoms with E-state index < -0.39 is 5.41 Å². The van der Waals surface area contributed by atoms with Crippen LogP contribution in [-0.4, -0.2) is 24.6 Å². The summed E-state index contributed by atoms with van der Waals surface area (Å²) in [5.41, 5.74) is 0.0195. The van der Waals surface area contributed by atoms with Crippen molar-refractivity contribution in [3.8, 4) is 0 Å². The van der Waals surface area contributed by atoms with Gasteiger partial charge in [0.1, 0.15) is 6.10 Å². The quantitative estimate of drug-likeness (QED) is 0.496. The third kappa shape index (κ3) is 1.72. The zero-order valence-corrected chi connectivity index (χ0v) is 11.5. The molecule has 3 aliphatic rings. The third-order valence-electron chi connectivity index (χ3n) is 5.30. The lowest BCUT2D eigenvalue weighted by atomic mass is 9.66. The van der Waals surface area contributed by atoms with Crippen molar-refractivity contribution in [2.75, 3.05) is 6.61 Å². The maximum Gasteiger partial charge on any atom is 0.334 e. The molecule has 2 heterocycles. The molecule has 0 radical (unpaired) electrons. The van der Waals surface area contributed by atoms with Gasteiger partial charge >= 0.3 is 11.9 Å². The van der Waals surface area contributed by atoms with Gasteiger partial charge in [0.05, 0.1) is 12.0 Å². The fourth-order valence-electron chi connectivity index (χ4n) is 4.19. The minimum absolute atomic E-state index is 0.0319. The molecule has 0 aromatic carbocycles. The number of hydrogen-bond acceptors (Lipinski definition) is 4. The van der Waals surface area contributed by atoms with Gasteiger partial charge in [-0.1, -0.05) is 13.5 Å². The molecule has 1 saturated carbocycles. The van der Waals surface area contributed by atoms with Crippen molar-refractivity contribution in [1.29, 1.82) is 0 Å². The van der Waals surface area contributed by atoms with E-state index in [4.69, 9.17) is 9.47 Å². The Morgan fingerprint density at radius 1 is 1.37 bits per heavy atom. The van der Waals surface area contributed by atoms with Crippen LogP contribution in [-0.2, 0) is 19.1 Å².